The van der Waals surface area contributed by atoms with Gasteiger partial charge in [0.2, 0.25) is 0 Å². The Bertz CT molecular complexity index is 357. The van der Waals surface area contributed by atoms with Crippen molar-refractivity contribution in [2.45, 2.75) is 39.7 Å². The van der Waals surface area contributed by atoms with Gasteiger partial charge in [-0.25, -0.2) is 9.97 Å². The Morgan fingerprint density at radius 2 is 2.00 bits per heavy atom. The molecule has 5 heteroatoms. The molecule has 0 aliphatic heterocycles. The second kappa shape index (κ2) is 7.87. The van der Waals surface area contributed by atoms with Crippen LogP contribution in [-0.2, 0) is 4.74 Å². The van der Waals surface area contributed by atoms with Crippen LogP contribution in [0.2, 0.25) is 0 Å². The Morgan fingerprint density at radius 3 is 2.61 bits per heavy atom. The van der Waals surface area contributed by atoms with Crippen molar-refractivity contribution in [2.24, 2.45) is 0 Å². The van der Waals surface area contributed by atoms with Crippen molar-refractivity contribution in [2.75, 3.05) is 30.9 Å². The Hall–Kier alpha value is -1.36. The number of nitrogens with zero attached hydrogens (tertiary/aromatic N) is 2. The van der Waals surface area contributed by atoms with Crippen molar-refractivity contribution in [1.29, 1.82) is 0 Å². The number of hydrogen-bond donors (Lipinski definition) is 2. The summed E-state index contributed by atoms with van der Waals surface area (Å²) in [5.74, 6) is 2.50. The van der Waals surface area contributed by atoms with Crippen LogP contribution >= 0.6 is 0 Å². The first-order valence-electron chi connectivity index (χ1n) is 6.54. The Morgan fingerprint density at radius 1 is 1.28 bits per heavy atom. The minimum absolute atomic E-state index is 0.281. The number of hydrogen-bond acceptors (Lipinski definition) is 5. The minimum Gasteiger partial charge on any atom is -0.383 e. The van der Waals surface area contributed by atoms with E-state index in [2.05, 4.69) is 34.4 Å². The highest BCUT2D eigenvalue weighted by molar-refractivity contribution is 5.48. The zero-order valence-electron chi connectivity index (χ0n) is 11.8. The molecule has 0 radical (unpaired) electrons. The Balaban J connectivity index is 2.71. The van der Waals surface area contributed by atoms with Crippen LogP contribution in [0.15, 0.2) is 6.07 Å². The average Bonchev–Trinajstić information content (AvgIpc) is 2.35. The Labute approximate surface area is 109 Å². The zero-order chi connectivity index (χ0) is 13.4. The van der Waals surface area contributed by atoms with Crippen molar-refractivity contribution in [3.05, 3.63) is 11.9 Å². The van der Waals surface area contributed by atoms with Gasteiger partial charge in [0.05, 0.1) is 12.6 Å². The molecule has 0 bridgehead atoms. The molecular weight excluding hydrogens is 228 g/mol. The molecule has 0 saturated carbocycles. The molecule has 18 heavy (non-hydrogen) atoms. The van der Waals surface area contributed by atoms with Gasteiger partial charge in [0, 0.05) is 19.7 Å². The van der Waals surface area contributed by atoms with Gasteiger partial charge in [-0.15, -0.1) is 0 Å². The molecule has 0 fully saturated rings. The second-order valence-electron chi connectivity index (χ2n) is 4.32. The van der Waals surface area contributed by atoms with Crippen LogP contribution in [0.3, 0.4) is 0 Å². The number of aromatic nitrogens is 2. The van der Waals surface area contributed by atoms with E-state index in [1.807, 2.05) is 13.0 Å². The SMILES string of the molecule is CCCNc1cc(NC(CC)COC)nc(C)n1. The minimum atomic E-state index is 0.281. The van der Waals surface area contributed by atoms with Crippen LogP contribution in [0.1, 0.15) is 32.5 Å². The van der Waals surface area contributed by atoms with Gasteiger partial charge >= 0.3 is 0 Å². The van der Waals surface area contributed by atoms with Crippen LogP contribution in [0.4, 0.5) is 11.6 Å². The molecule has 102 valence electrons. The number of rotatable bonds is 8. The standard InChI is InChI=1S/C13H24N4O/c1-5-7-14-12-8-13(16-10(3)15-12)17-11(6-2)9-18-4/h8,11H,5-7,9H2,1-4H3,(H2,14,15,16,17). The number of aryl methyl sites for hydroxylation is 1. The molecule has 0 aliphatic rings. The quantitative estimate of drug-likeness (QED) is 0.744. The molecule has 1 rings (SSSR count). The monoisotopic (exact) mass is 252 g/mol. The maximum Gasteiger partial charge on any atom is 0.132 e. The maximum absolute atomic E-state index is 5.17. The van der Waals surface area contributed by atoms with Gasteiger partial charge in [0.1, 0.15) is 17.5 Å². The lowest BCUT2D eigenvalue weighted by Crippen LogP contribution is -2.24. The number of anilines is 2. The third-order valence-electron chi connectivity index (χ3n) is 2.61. The summed E-state index contributed by atoms with van der Waals surface area (Å²) in [5.41, 5.74) is 0. The van der Waals surface area contributed by atoms with E-state index in [1.54, 1.807) is 7.11 Å². The summed E-state index contributed by atoms with van der Waals surface area (Å²) < 4.78 is 5.17. The van der Waals surface area contributed by atoms with Crippen molar-refractivity contribution < 1.29 is 4.74 Å². The van der Waals surface area contributed by atoms with Crippen molar-refractivity contribution in [3.8, 4) is 0 Å². The summed E-state index contributed by atoms with van der Waals surface area (Å²) in [5, 5.41) is 6.65. The largest absolute Gasteiger partial charge is 0.383 e. The number of nitrogens with one attached hydrogen (secondary N) is 2. The molecule has 1 aromatic heterocycles. The average molecular weight is 252 g/mol. The Kier molecular flexibility index (Phi) is 6.43. The summed E-state index contributed by atoms with van der Waals surface area (Å²) in [6.07, 6.45) is 2.07. The molecule has 1 aromatic rings. The predicted octanol–water partition coefficient (Wildman–Crippen LogP) is 2.44. The van der Waals surface area contributed by atoms with Gasteiger partial charge in [-0.1, -0.05) is 13.8 Å². The van der Waals surface area contributed by atoms with E-state index in [1.165, 1.54) is 0 Å². The topological polar surface area (TPSA) is 59.1 Å². The molecule has 0 saturated heterocycles. The smallest absolute Gasteiger partial charge is 0.132 e. The lowest BCUT2D eigenvalue weighted by Gasteiger charge is -2.17. The summed E-state index contributed by atoms with van der Waals surface area (Å²) in [6, 6.07) is 2.23. The van der Waals surface area contributed by atoms with Gasteiger partial charge < -0.3 is 15.4 Å². The molecule has 2 N–H and O–H groups in total. The van der Waals surface area contributed by atoms with Gasteiger partial charge in [-0.05, 0) is 19.8 Å². The summed E-state index contributed by atoms with van der Waals surface area (Å²) in [7, 11) is 1.71. The second-order valence-corrected chi connectivity index (χ2v) is 4.32. The van der Waals surface area contributed by atoms with E-state index in [0.717, 1.165) is 36.8 Å². The molecule has 0 aliphatic carbocycles. The summed E-state index contributed by atoms with van der Waals surface area (Å²) >= 11 is 0. The van der Waals surface area contributed by atoms with Crippen LogP contribution in [0.5, 0.6) is 0 Å². The fourth-order valence-corrected chi connectivity index (χ4v) is 1.66. The summed E-state index contributed by atoms with van der Waals surface area (Å²) in [6.45, 7) is 7.76. The first-order valence-corrected chi connectivity index (χ1v) is 6.54. The molecule has 1 unspecified atom stereocenters. The number of methoxy groups -OCH3 is 1. The highest BCUT2D eigenvalue weighted by atomic mass is 16.5. The maximum atomic E-state index is 5.17. The lowest BCUT2D eigenvalue weighted by molar-refractivity contribution is 0.184. The predicted molar refractivity (Wildman–Crippen MR) is 75.1 cm³/mol. The highest BCUT2D eigenvalue weighted by Crippen LogP contribution is 2.13. The molecular formula is C13H24N4O. The van der Waals surface area contributed by atoms with E-state index >= 15 is 0 Å². The van der Waals surface area contributed by atoms with Gasteiger partial charge in [0.25, 0.3) is 0 Å². The van der Waals surface area contributed by atoms with Gasteiger partial charge in [-0.2, -0.15) is 0 Å². The first kappa shape index (κ1) is 14.7. The first-order chi connectivity index (χ1) is 8.69. The lowest BCUT2D eigenvalue weighted by atomic mass is 10.2. The number of ether oxygens (including phenoxy) is 1. The molecule has 0 aromatic carbocycles. The molecule has 1 atom stereocenters. The summed E-state index contributed by atoms with van der Waals surface area (Å²) in [4.78, 5) is 8.75. The third kappa shape index (κ3) is 4.87. The van der Waals surface area contributed by atoms with E-state index in [-0.39, 0.29) is 6.04 Å². The normalized spacial score (nSPS) is 12.2. The fraction of sp³-hybridized carbons (Fsp3) is 0.692. The van der Waals surface area contributed by atoms with Gasteiger partial charge in [0.15, 0.2) is 0 Å². The molecule has 0 spiro atoms. The molecule has 0 amide bonds. The zero-order valence-corrected chi connectivity index (χ0v) is 11.8. The van der Waals surface area contributed by atoms with Crippen LogP contribution < -0.4 is 10.6 Å². The molecule has 1 heterocycles. The van der Waals surface area contributed by atoms with E-state index in [0.29, 0.717) is 6.61 Å². The van der Waals surface area contributed by atoms with Crippen molar-refractivity contribution in [3.63, 3.8) is 0 Å². The van der Waals surface area contributed by atoms with Crippen LogP contribution in [0.25, 0.3) is 0 Å². The highest BCUT2D eigenvalue weighted by Gasteiger charge is 2.08. The fourth-order valence-electron chi connectivity index (χ4n) is 1.66. The van der Waals surface area contributed by atoms with E-state index < -0.39 is 0 Å². The van der Waals surface area contributed by atoms with Crippen molar-refractivity contribution >= 4 is 11.6 Å². The van der Waals surface area contributed by atoms with Crippen LogP contribution in [0, 0.1) is 6.92 Å². The van der Waals surface area contributed by atoms with E-state index in [4.69, 9.17) is 4.74 Å². The van der Waals surface area contributed by atoms with E-state index in [9.17, 15) is 0 Å². The van der Waals surface area contributed by atoms with Crippen LogP contribution in [-0.4, -0.2) is 36.3 Å². The molecule has 5 nitrogen and oxygen atoms in total. The van der Waals surface area contributed by atoms with Gasteiger partial charge in [-0.3, -0.25) is 0 Å². The van der Waals surface area contributed by atoms with Crippen molar-refractivity contribution in [1.82, 2.24) is 9.97 Å². The third-order valence-corrected chi connectivity index (χ3v) is 2.61.